The van der Waals surface area contributed by atoms with Crippen molar-refractivity contribution in [2.45, 2.75) is 0 Å². The molecule has 3 aromatic rings. The van der Waals surface area contributed by atoms with Gasteiger partial charge in [-0.1, -0.05) is 24.3 Å². The Morgan fingerprint density at radius 1 is 1.12 bits per heavy atom. The van der Waals surface area contributed by atoms with Gasteiger partial charge in [-0.3, -0.25) is 0 Å². The molecule has 2 heterocycles. The maximum Gasteiger partial charge on any atom is 0.204 e. The molecule has 0 bridgehead atoms. The average Bonchev–Trinajstić information content (AvgIpc) is 3.00. The smallest absolute Gasteiger partial charge is 0.167 e. The van der Waals surface area contributed by atoms with Gasteiger partial charge in [-0.2, -0.15) is 4.80 Å². The number of tetrazole rings is 1. The van der Waals surface area contributed by atoms with E-state index in [1.807, 2.05) is 18.2 Å². The number of thiophene rings is 1. The van der Waals surface area contributed by atoms with Crippen molar-refractivity contribution in [1.82, 2.24) is 20.2 Å². The number of rotatable bonds is 2. The first-order valence-corrected chi connectivity index (χ1v) is 6.09. The summed E-state index contributed by atoms with van der Waals surface area (Å²) in [6.45, 7) is 0. The van der Waals surface area contributed by atoms with Crippen LogP contribution in [-0.4, -0.2) is 20.2 Å². The van der Waals surface area contributed by atoms with Crippen LogP contribution in [0.25, 0.3) is 21.8 Å². The molecule has 0 fully saturated rings. The topological polar surface area (TPSA) is 43.6 Å². The van der Waals surface area contributed by atoms with Crippen LogP contribution >= 0.6 is 11.3 Å². The Hall–Kier alpha value is -2.01. The molecule has 0 radical (unpaired) electrons. The standard InChI is InChI=1S/C12H10N4S/c1-16-14-12(13-15-16)10-5-2-4-9(8-10)11-6-3-7-17-11/h2-8H,1H3. The molecule has 2 aromatic heterocycles. The van der Waals surface area contributed by atoms with Gasteiger partial charge in [-0.15, -0.1) is 21.5 Å². The first-order valence-electron chi connectivity index (χ1n) is 5.21. The quantitative estimate of drug-likeness (QED) is 0.693. The SMILES string of the molecule is Cn1nnc(-c2cccc(-c3cccs3)c2)n1. The Balaban J connectivity index is 2.05. The molecule has 0 saturated heterocycles. The summed E-state index contributed by atoms with van der Waals surface area (Å²) in [4.78, 5) is 2.71. The minimum atomic E-state index is 0.658. The maximum atomic E-state index is 4.20. The molecule has 0 aliphatic rings. The minimum Gasteiger partial charge on any atom is -0.167 e. The number of aryl methyl sites for hydroxylation is 1. The van der Waals surface area contributed by atoms with Crippen LogP contribution in [-0.2, 0) is 7.05 Å². The predicted molar refractivity (Wildman–Crippen MR) is 67.5 cm³/mol. The molecule has 0 aliphatic heterocycles. The zero-order valence-corrected chi connectivity index (χ0v) is 10.1. The van der Waals surface area contributed by atoms with E-state index in [0.717, 1.165) is 5.56 Å². The van der Waals surface area contributed by atoms with E-state index in [9.17, 15) is 0 Å². The Kier molecular flexibility index (Phi) is 2.45. The summed E-state index contributed by atoms with van der Waals surface area (Å²) in [6, 6.07) is 12.3. The fraction of sp³-hybridized carbons (Fsp3) is 0.0833. The lowest BCUT2D eigenvalue weighted by Gasteiger charge is -1.99. The van der Waals surface area contributed by atoms with Gasteiger partial charge >= 0.3 is 0 Å². The monoisotopic (exact) mass is 242 g/mol. The first kappa shape index (κ1) is 10.2. The Morgan fingerprint density at radius 2 is 2.00 bits per heavy atom. The van der Waals surface area contributed by atoms with E-state index in [0.29, 0.717) is 5.82 Å². The molecule has 0 aliphatic carbocycles. The van der Waals surface area contributed by atoms with Crippen molar-refractivity contribution in [2.24, 2.45) is 7.05 Å². The molecule has 4 nitrogen and oxygen atoms in total. The highest BCUT2D eigenvalue weighted by molar-refractivity contribution is 7.13. The summed E-state index contributed by atoms with van der Waals surface area (Å²) in [5.41, 5.74) is 2.17. The first-order chi connectivity index (χ1) is 8.33. The molecule has 0 unspecified atom stereocenters. The van der Waals surface area contributed by atoms with Crippen molar-refractivity contribution in [3.8, 4) is 21.8 Å². The summed E-state index contributed by atoms with van der Waals surface area (Å²) >= 11 is 1.72. The van der Waals surface area contributed by atoms with Crippen LogP contribution < -0.4 is 0 Å². The Morgan fingerprint density at radius 3 is 2.71 bits per heavy atom. The molecule has 0 atom stereocenters. The summed E-state index contributed by atoms with van der Waals surface area (Å²) in [5.74, 6) is 0.658. The van der Waals surface area contributed by atoms with Gasteiger partial charge in [0, 0.05) is 10.4 Å². The van der Waals surface area contributed by atoms with Gasteiger partial charge < -0.3 is 0 Å². The van der Waals surface area contributed by atoms with E-state index in [-0.39, 0.29) is 0 Å². The molecule has 0 saturated carbocycles. The predicted octanol–water partition coefficient (Wildman–Crippen LogP) is 2.61. The lowest BCUT2D eigenvalue weighted by molar-refractivity contribution is 0.630. The van der Waals surface area contributed by atoms with E-state index in [4.69, 9.17) is 0 Å². The molecule has 0 amide bonds. The molecule has 0 spiro atoms. The van der Waals surface area contributed by atoms with Crippen LogP contribution in [0.4, 0.5) is 0 Å². The third-order valence-corrected chi connectivity index (χ3v) is 3.35. The number of aromatic nitrogens is 4. The van der Waals surface area contributed by atoms with Crippen molar-refractivity contribution >= 4 is 11.3 Å². The summed E-state index contributed by atoms with van der Waals surface area (Å²) in [7, 11) is 1.76. The van der Waals surface area contributed by atoms with Crippen LogP contribution in [0.3, 0.4) is 0 Å². The molecule has 3 rings (SSSR count). The van der Waals surface area contributed by atoms with Crippen LogP contribution in [0.5, 0.6) is 0 Å². The second-order valence-electron chi connectivity index (χ2n) is 3.66. The van der Waals surface area contributed by atoms with Crippen LogP contribution in [0.1, 0.15) is 0 Å². The van der Waals surface area contributed by atoms with Gasteiger partial charge in [0.1, 0.15) is 0 Å². The fourth-order valence-electron chi connectivity index (χ4n) is 1.65. The van der Waals surface area contributed by atoms with Crippen LogP contribution in [0.15, 0.2) is 41.8 Å². The van der Waals surface area contributed by atoms with Gasteiger partial charge in [0.2, 0.25) is 5.82 Å². The third-order valence-electron chi connectivity index (χ3n) is 2.43. The van der Waals surface area contributed by atoms with Gasteiger partial charge in [0.15, 0.2) is 0 Å². The van der Waals surface area contributed by atoms with Crippen molar-refractivity contribution in [2.75, 3.05) is 0 Å². The summed E-state index contributed by atoms with van der Waals surface area (Å²) < 4.78 is 0. The second kappa shape index (κ2) is 4.10. The van der Waals surface area contributed by atoms with Crippen molar-refractivity contribution in [1.29, 1.82) is 0 Å². The number of benzene rings is 1. The maximum absolute atomic E-state index is 4.20. The van der Waals surface area contributed by atoms with Crippen molar-refractivity contribution in [3.05, 3.63) is 41.8 Å². The normalized spacial score (nSPS) is 10.6. The highest BCUT2D eigenvalue weighted by atomic mass is 32.1. The van der Waals surface area contributed by atoms with E-state index < -0.39 is 0 Å². The lowest BCUT2D eigenvalue weighted by atomic mass is 10.1. The molecule has 84 valence electrons. The van der Waals surface area contributed by atoms with Gasteiger partial charge in [-0.25, -0.2) is 0 Å². The summed E-state index contributed by atoms with van der Waals surface area (Å²) in [6.07, 6.45) is 0. The van der Waals surface area contributed by atoms with Crippen LogP contribution in [0, 0.1) is 0 Å². The Labute approximate surface area is 103 Å². The second-order valence-corrected chi connectivity index (χ2v) is 4.61. The largest absolute Gasteiger partial charge is 0.204 e. The molecule has 5 heteroatoms. The Bertz CT molecular complexity index is 628. The van der Waals surface area contributed by atoms with Crippen LogP contribution in [0.2, 0.25) is 0 Å². The molecular formula is C12H10N4S. The van der Waals surface area contributed by atoms with E-state index in [2.05, 4.69) is 39.0 Å². The molecular weight excluding hydrogens is 232 g/mol. The zero-order valence-electron chi connectivity index (χ0n) is 9.24. The lowest BCUT2D eigenvalue weighted by Crippen LogP contribution is -1.91. The zero-order chi connectivity index (χ0) is 11.7. The van der Waals surface area contributed by atoms with Gasteiger partial charge in [-0.05, 0) is 28.3 Å². The third kappa shape index (κ3) is 1.97. The van der Waals surface area contributed by atoms with Crippen molar-refractivity contribution < 1.29 is 0 Å². The molecule has 0 N–H and O–H groups in total. The fourth-order valence-corrected chi connectivity index (χ4v) is 2.38. The molecule has 1 aromatic carbocycles. The highest BCUT2D eigenvalue weighted by Crippen LogP contribution is 2.27. The minimum absolute atomic E-state index is 0.658. The highest BCUT2D eigenvalue weighted by Gasteiger charge is 2.06. The number of hydrogen-bond donors (Lipinski definition) is 0. The van der Waals surface area contributed by atoms with E-state index in [1.54, 1.807) is 18.4 Å². The number of nitrogens with zero attached hydrogens (tertiary/aromatic N) is 4. The molecule has 17 heavy (non-hydrogen) atoms. The van der Waals surface area contributed by atoms with Crippen molar-refractivity contribution in [3.63, 3.8) is 0 Å². The summed E-state index contributed by atoms with van der Waals surface area (Å²) in [5, 5.41) is 14.1. The van der Waals surface area contributed by atoms with Gasteiger partial charge in [0.25, 0.3) is 0 Å². The van der Waals surface area contributed by atoms with Gasteiger partial charge in [0.05, 0.1) is 7.05 Å². The number of hydrogen-bond acceptors (Lipinski definition) is 4. The average molecular weight is 242 g/mol. The van der Waals surface area contributed by atoms with E-state index >= 15 is 0 Å². The van der Waals surface area contributed by atoms with E-state index in [1.165, 1.54) is 15.2 Å².